The molecule has 1 aromatic heterocycles. The van der Waals surface area contributed by atoms with E-state index in [1.807, 2.05) is 0 Å². The fourth-order valence-electron chi connectivity index (χ4n) is 12.0. The van der Waals surface area contributed by atoms with E-state index in [4.69, 9.17) is 4.98 Å². The van der Waals surface area contributed by atoms with Crippen molar-refractivity contribution in [2.24, 2.45) is 35.5 Å². The second-order valence-electron chi connectivity index (χ2n) is 15.8. The van der Waals surface area contributed by atoms with Crippen LogP contribution < -0.4 is 5.57 Å². The Morgan fingerprint density at radius 3 is 1.45 bits per heavy atom. The summed E-state index contributed by atoms with van der Waals surface area (Å²) in [7, 11) is -0.323. The number of imidazole rings is 1. The molecule has 38 heavy (non-hydrogen) atoms. The first-order chi connectivity index (χ1) is 18.3. The molecule has 0 radical (unpaired) electrons. The van der Waals surface area contributed by atoms with E-state index in [1.165, 1.54) is 55.3 Å². The zero-order chi connectivity index (χ0) is 25.8. The van der Waals surface area contributed by atoms with Crippen molar-refractivity contribution in [3.05, 3.63) is 41.7 Å². The normalized spacial score (nSPS) is 41.5. The predicted octanol–water partition coefficient (Wildman–Crippen LogP) is 9.16. The van der Waals surface area contributed by atoms with Gasteiger partial charge in [-0.25, -0.2) is 4.98 Å². The average Bonchev–Trinajstić information content (AvgIpc) is 3.29. The van der Waals surface area contributed by atoms with Gasteiger partial charge in [0, 0.05) is 12.4 Å². The number of para-hydroxylation sites is 1. The lowest BCUT2D eigenvalue weighted by molar-refractivity contribution is 0.0194. The van der Waals surface area contributed by atoms with Gasteiger partial charge in [0.1, 0.15) is 5.57 Å². The number of nitrogens with zero attached hydrogens (tertiary/aromatic N) is 2. The van der Waals surface area contributed by atoms with Crippen LogP contribution in [0.3, 0.4) is 0 Å². The summed E-state index contributed by atoms with van der Waals surface area (Å²) in [6, 6.07) is 7.13. The van der Waals surface area contributed by atoms with Gasteiger partial charge in [0.05, 0.1) is 5.69 Å². The van der Waals surface area contributed by atoms with Crippen molar-refractivity contribution in [2.45, 2.75) is 127 Å². The Labute approximate surface area is 232 Å². The molecule has 2 aromatic rings. The average molecular weight is 529 g/mol. The van der Waals surface area contributed by atoms with Crippen LogP contribution in [0.2, 0.25) is 0 Å². The Hall–Kier alpha value is -1.14. The molecular formula is C35H49N2P. The third kappa shape index (κ3) is 3.63. The van der Waals surface area contributed by atoms with Gasteiger partial charge < -0.3 is 0 Å². The molecule has 0 aliphatic heterocycles. The molecule has 1 aromatic carbocycles. The third-order valence-corrected chi connectivity index (χ3v) is 16.1. The van der Waals surface area contributed by atoms with Crippen LogP contribution >= 0.6 is 7.92 Å². The smallest absolute Gasteiger partial charge is 0.137 e. The molecule has 0 N–H and O–H groups in total. The summed E-state index contributed by atoms with van der Waals surface area (Å²) in [4.78, 5) is 5.50. The number of benzene rings is 1. The second kappa shape index (κ2) is 8.68. The lowest BCUT2D eigenvalue weighted by Crippen LogP contribution is -2.58. The summed E-state index contributed by atoms with van der Waals surface area (Å²) >= 11 is 0. The number of rotatable bonds is 6. The molecule has 0 spiro atoms. The Morgan fingerprint density at radius 2 is 1.08 bits per heavy atom. The first kappa shape index (κ1) is 24.6. The van der Waals surface area contributed by atoms with E-state index >= 15 is 0 Å². The minimum Gasteiger partial charge on any atom is -0.300 e. The summed E-state index contributed by atoms with van der Waals surface area (Å²) in [5.41, 5.74) is 6.06. The van der Waals surface area contributed by atoms with Gasteiger partial charge >= 0.3 is 0 Å². The number of hydrogen-bond donors (Lipinski definition) is 0. The van der Waals surface area contributed by atoms with Crippen LogP contribution in [0.4, 0.5) is 0 Å². The van der Waals surface area contributed by atoms with E-state index in [9.17, 15) is 0 Å². The van der Waals surface area contributed by atoms with Gasteiger partial charge in [-0.2, -0.15) is 0 Å². The van der Waals surface area contributed by atoms with Crippen LogP contribution in [0.25, 0.3) is 5.69 Å². The van der Waals surface area contributed by atoms with Crippen LogP contribution in [-0.2, 0) is 0 Å². The van der Waals surface area contributed by atoms with Gasteiger partial charge in [0.25, 0.3) is 0 Å². The zero-order valence-corrected chi connectivity index (χ0v) is 25.2. The fraction of sp³-hybridized carbons (Fsp3) is 0.743. The molecule has 0 atom stereocenters. The van der Waals surface area contributed by atoms with Crippen molar-refractivity contribution in [3.63, 3.8) is 0 Å². The molecule has 2 nitrogen and oxygen atoms in total. The van der Waals surface area contributed by atoms with Gasteiger partial charge in [0.2, 0.25) is 0 Å². The molecule has 8 bridgehead atoms. The first-order valence-corrected chi connectivity index (χ1v) is 17.6. The molecule has 8 fully saturated rings. The van der Waals surface area contributed by atoms with E-state index in [-0.39, 0.29) is 7.92 Å². The van der Waals surface area contributed by atoms with E-state index in [0.717, 1.165) is 35.5 Å². The minimum atomic E-state index is -0.323. The van der Waals surface area contributed by atoms with Gasteiger partial charge in [-0.15, -0.1) is 0 Å². The van der Waals surface area contributed by atoms with Crippen molar-refractivity contribution < 1.29 is 0 Å². The minimum absolute atomic E-state index is 0.323. The molecule has 0 amide bonds. The quantitative estimate of drug-likeness (QED) is 0.342. The van der Waals surface area contributed by atoms with Crippen molar-refractivity contribution in [1.82, 2.24) is 9.55 Å². The molecule has 8 aliphatic carbocycles. The summed E-state index contributed by atoms with van der Waals surface area (Å²) in [5, 5.41) is 1.12. The Morgan fingerprint density at radius 1 is 0.684 bits per heavy atom. The third-order valence-electron chi connectivity index (χ3n) is 12.4. The molecule has 3 heteroatoms. The van der Waals surface area contributed by atoms with E-state index in [0.29, 0.717) is 22.1 Å². The van der Waals surface area contributed by atoms with Gasteiger partial charge in [-0.05, 0) is 154 Å². The van der Waals surface area contributed by atoms with Crippen LogP contribution in [-0.4, -0.2) is 19.9 Å². The van der Waals surface area contributed by atoms with E-state index in [1.54, 1.807) is 44.1 Å². The van der Waals surface area contributed by atoms with Gasteiger partial charge in [-0.1, -0.05) is 45.9 Å². The van der Waals surface area contributed by atoms with Crippen molar-refractivity contribution in [1.29, 1.82) is 0 Å². The molecule has 10 rings (SSSR count). The second-order valence-corrected chi connectivity index (χ2v) is 18.8. The lowest BCUT2D eigenvalue weighted by Gasteiger charge is -2.67. The summed E-state index contributed by atoms with van der Waals surface area (Å²) < 4.78 is 2.70. The summed E-state index contributed by atoms with van der Waals surface area (Å²) in [6.07, 6.45) is 23.1. The highest BCUT2D eigenvalue weighted by molar-refractivity contribution is 7.68. The van der Waals surface area contributed by atoms with Crippen molar-refractivity contribution in [2.75, 3.05) is 0 Å². The molecule has 8 aliphatic rings. The first-order valence-electron chi connectivity index (χ1n) is 16.3. The Bertz CT molecular complexity index is 1080. The maximum atomic E-state index is 5.50. The van der Waals surface area contributed by atoms with Crippen LogP contribution in [0.5, 0.6) is 0 Å². The summed E-state index contributed by atoms with van der Waals surface area (Å²) in [5.74, 6) is 7.11. The highest BCUT2D eigenvalue weighted by atomic mass is 31.1. The lowest BCUT2D eigenvalue weighted by atomic mass is 9.55. The maximum absolute atomic E-state index is 5.50. The van der Waals surface area contributed by atoms with Crippen LogP contribution in [0.1, 0.15) is 128 Å². The highest BCUT2D eigenvalue weighted by Gasteiger charge is 2.64. The van der Waals surface area contributed by atoms with E-state index in [2.05, 4.69) is 62.9 Å². The molecular weight excluding hydrogens is 479 g/mol. The van der Waals surface area contributed by atoms with Gasteiger partial charge in [-0.3, -0.25) is 4.57 Å². The number of aromatic nitrogens is 2. The molecule has 204 valence electrons. The standard InChI is InChI=1S/C35H49N2P/c1-22(2)30-6-5-7-31(23(3)4)32(30)37-9-8-36-33(37)38(34-16-24-10-25(17-34)12-26(11-24)18-34)35-19-27-13-28(20-35)15-29(14-27)21-35/h5-9,22-29H,10-21H2,1-4H3. The van der Waals surface area contributed by atoms with Crippen molar-refractivity contribution >= 4 is 13.5 Å². The topological polar surface area (TPSA) is 17.8 Å². The molecule has 0 saturated heterocycles. The van der Waals surface area contributed by atoms with E-state index < -0.39 is 0 Å². The molecule has 1 heterocycles. The zero-order valence-electron chi connectivity index (χ0n) is 24.3. The highest BCUT2D eigenvalue weighted by Crippen LogP contribution is 2.78. The Balaban J connectivity index is 1.34. The maximum Gasteiger partial charge on any atom is 0.137 e. The molecule has 0 unspecified atom stereocenters. The monoisotopic (exact) mass is 528 g/mol. The van der Waals surface area contributed by atoms with Crippen LogP contribution in [0.15, 0.2) is 30.6 Å². The van der Waals surface area contributed by atoms with Gasteiger partial charge in [0.15, 0.2) is 0 Å². The number of hydrogen-bond acceptors (Lipinski definition) is 1. The Kier molecular flexibility index (Phi) is 5.63. The van der Waals surface area contributed by atoms with Crippen molar-refractivity contribution in [3.8, 4) is 5.69 Å². The fourth-order valence-corrected chi connectivity index (χ4v) is 17.1. The largest absolute Gasteiger partial charge is 0.300 e. The van der Waals surface area contributed by atoms with Crippen LogP contribution in [0, 0.1) is 35.5 Å². The predicted molar refractivity (Wildman–Crippen MR) is 160 cm³/mol. The SMILES string of the molecule is CC(C)c1cccc(C(C)C)c1-n1ccnc1P(C12CC3CC(CC(C3)C1)C2)C12CC3CC(CC(C3)C1)C2. The molecule has 8 saturated carbocycles. The summed E-state index contributed by atoms with van der Waals surface area (Å²) in [6.45, 7) is 9.56.